The highest BCUT2D eigenvalue weighted by atomic mass is 35.5. The maximum atomic E-state index is 12.4. The van der Waals surface area contributed by atoms with Gasteiger partial charge >= 0.3 is 5.97 Å². The predicted octanol–water partition coefficient (Wildman–Crippen LogP) is 4.11. The van der Waals surface area contributed by atoms with Crippen LogP contribution in [0, 0.1) is 0 Å². The maximum absolute atomic E-state index is 12.4. The van der Waals surface area contributed by atoms with E-state index in [1.165, 1.54) is 6.08 Å². The lowest BCUT2D eigenvalue weighted by Gasteiger charge is -2.27. The molecule has 0 saturated heterocycles. The van der Waals surface area contributed by atoms with E-state index < -0.39 is 6.04 Å². The van der Waals surface area contributed by atoms with Gasteiger partial charge in [-0.05, 0) is 36.8 Å². The Labute approximate surface area is 157 Å². The van der Waals surface area contributed by atoms with E-state index in [2.05, 4.69) is 10.6 Å². The highest BCUT2D eigenvalue weighted by Crippen LogP contribution is 2.35. The third-order valence-corrected chi connectivity index (χ3v) is 4.23. The third-order valence-electron chi connectivity index (χ3n) is 4.00. The number of hydrogen-bond acceptors (Lipinski definition) is 4. The van der Waals surface area contributed by atoms with Gasteiger partial charge in [0.1, 0.15) is 6.04 Å². The fraction of sp³-hybridized carbons (Fsp3) is 0.200. The van der Waals surface area contributed by atoms with E-state index in [9.17, 15) is 9.59 Å². The Morgan fingerprint density at radius 2 is 2.04 bits per heavy atom. The molecule has 2 N–H and O–H groups in total. The van der Waals surface area contributed by atoms with Gasteiger partial charge in [0, 0.05) is 34.5 Å². The molecule has 1 aliphatic heterocycles. The van der Waals surface area contributed by atoms with E-state index in [0.29, 0.717) is 29.4 Å². The second-order valence-electron chi connectivity index (χ2n) is 5.87. The summed E-state index contributed by atoms with van der Waals surface area (Å²) in [6.07, 6.45) is 1.88. The number of para-hydroxylation sites is 1. The first-order valence-corrected chi connectivity index (χ1v) is 8.74. The molecule has 3 rings (SSSR count). The molecule has 0 aromatic heterocycles. The summed E-state index contributed by atoms with van der Waals surface area (Å²) in [5, 5.41) is 6.52. The largest absolute Gasteiger partial charge is 0.464 e. The first-order valence-electron chi connectivity index (χ1n) is 8.36. The van der Waals surface area contributed by atoms with Gasteiger partial charge in [0.05, 0.1) is 6.61 Å². The zero-order valence-corrected chi connectivity index (χ0v) is 15.0. The normalized spacial score (nSPS) is 17.2. The lowest BCUT2D eigenvalue weighted by molar-refractivity contribution is -0.144. The quantitative estimate of drug-likeness (QED) is 0.627. The molecular formula is C20H19ClN2O3. The average molecular weight is 371 g/mol. The second-order valence-corrected chi connectivity index (χ2v) is 6.30. The Morgan fingerprint density at radius 3 is 2.77 bits per heavy atom. The fourth-order valence-electron chi connectivity index (χ4n) is 2.86. The van der Waals surface area contributed by atoms with Crippen molar-refractivity contribution in [2.45, 2.75) is 19.4 Å². The van der Waals surface area contributed by atoms with Crippen LogP contribution >= 0.6 is 11.6 Å². The van der Waals surface area contributed by atoms with E-state index in [1.807, 2.05) is 36.4 Å². The van der Waals surface area contributed by atoms with E-state index in [-0.39, 0.29) is 11.9 Å². The lowest BCUT2D eigenvalue weighted by Crippen LogP contribution is -2.34. The second kappa shape index (κ2) is 8.06. The highest BCUT2D eigenvalue weighted by molar-refractivity contribution is 6.31. The molecule has 0 aliphatic carbocycles. The van der Waals surface area contributed by atoms with Gasteiger partial charge in [-0.3, -0.25) is 4.79 Å². The van der Waals surface area contributed by atoms with Gasteiger partial charge in [-0.15, -0.1) is 0 Å². The topological polar surface area (TPSA) is 67.4 Å². The molecule has 26 heavy (non-hydrogen) atoms. The van der Waals surface area contributed by atoms with Crippen LogP contribution in [-0.4, -0.2) is 24.5 Å². The minimum Gasteiger partial charge on any atom is -0.464 e. The Bertz CT molecular complexity index is 849. The number of nitrogens with one attached hydrogen (secondary N) is 2. The van der Waals surface area contributed by atoms with Crippen LogP contribution in [0.4, 0.5) is 11.4 Å². The van der Waals surface area contributed by atoms with Crippen LogP contribution in [0.25, 0.3) is 5.57 Å². The number of anilines is 2. The van der Waals surface area contributed by atoms with E-state index in [0.717, 1.165) is 11.1 Å². The molecule has 1 heterocycles. The lowest BCUT2D eigenvalue weighted by atomic mass is 9.92. The molecule has 1 atom stereocenters. The van der Waals surface area contributed by atoms with Gasteiger partial charge < -0.3 is 15.4 Å². The molecule has 6 heteroatoms. The zero-order valence-electron chi connectivity index (χ0n) is 14.3. The first kappa shape index (κ1) is 18.0. The van der Waals surface area contributed by atoms with Crippen LogP contribution in [0.2, 0.25) is 5.02 Å². The number of hydrogen-bond donors (Lipinski definition) is 2. The summed E-state index contributed by atoms with van der Waals surface area (Å²) in [7, 11) is 0. The fourth-order valence-corrected chi connectivity index (χ4v) is 3.04. The minimum atomic E-state index is -0.559. The van der Waals surface area contributed by atoms with Crippen molar-refractivity contribution in [2.24, 2.45) is 0 Å². The van der Waals surface area contributed by atoms with Gasteiger partial charge in [-0.2, -0.15) is 0 Å². The number of rotatable bonds is 4. The first-order chi connectivity index (χ1) is 12.6. The molecule has 5 nitrogen and oxygen atoms in total. The van der Waals surface area contributed by atoms with Crippen molar-refractivity contribution in [3.63, 3.8) is 0 Å². The van der Waals surface area contributed by atoms with Crippen molar-refractivity contribution >= 4 is 40.4 Å². The molecule has 134 valence electrons. The van der Waals surface area contributed by atoms with Gasteiger partial charge in [0.2, 0.25) is 5.91 Å². The SMILES string of the molecule is CCOC(=O)C1C/C(=C\C(=O)Nc2ccccc2)c2ccc(Cl)cc2N1. The highest BCUT2D eigenvalue weighted by Gasteiger charge is 2.28. The summed E-state index contributed by atoms with van der Waals surface area (Å²) in [5.74, 6) is -0.607. The van der Waals surface area contributed by atoms with E-state index >= 15 is 0 Å². The predicted molar refractivity (Wildman–Crippen MR) is 103 cm³/mol. The van der Waals surface area contributed by atoms with Crippen LogP contribution in [0.5, 0.6) is 0 Å². The molecule has 0 saturated carbocycles. The number of amides is 1. The summed E-state index contributed by atoms with van der Waals surface area (Å²) in [6.45, 7) is 2.06. The van der Waals surface area contributed by atoms with Crippen molar-refractivity contribution in [3.05, 3.63) is 65.2 Å². The van der Waals surface area contributed by atoms with Crippen molar-refractivity contribution < 1.29 is 14.3 Å². The average Bonchev–Trinajstić information content (AvgIpc) is 2.62. The Morgan fingerprint density at radius 1 is 1.27 bits per heavy atom. The number of halogens is 1. The monoisotopic (exact) mass is 370 g/mol. The van der Waals surface area contributed by atoms with E-state index in [4.69, 9.17) is 16.3 Å². The van der Waals surface area contributed by atoms with Crippen molar-refractivity contribution in [1.82, 2.24) is 0 Å². The number of fused-ring (bicyclic) bond motifs is 1. The summed E-state index contributed by atoms with van der Waals surface area (Å²) in [4.78, 5) is 24.6. The van der Waals surface area contributed by atoms with Crippen LogP contribution in [0.3, 0.4) is 0 Å². The standard InChI is InChI=1S/C20H19ClN2O3/c1-2-26-20(25)18-10-13(16-9-8-14(21)12-17(16)23-18)11-19(24)22-15-6-4-3-5-7-15/h3-9,11-12,18,23H,2,10H2,1H3,(H,22,24)/b13-11+. The number of ether oxygens (including phenoxy) is 1. The van der Waals surface area contributed by atoms with Gasteiger partial charge in [-0.25, -0.2) is 4.79 Å². The van der Waals surface area contributed by atoms with Crippen LogP contribution in [-0.2, 0) is 14.3 Å². The Kier molecular flexibility index (Phi) is 5.58. The molecule has 0 spiro atoms. The van der Waals surface area contributed by atoms with Crippen molar-refractivity contribution in [3.8, 4) is 0 Å². The number of esters is 1. The molecule has 2 aromatic rings. The smallest absolute Gasteiger partial charge is 0.328 e. The maximum Gasteiger partial charge on any atom is 0.328 e. The molecule has 0 radical (unpaired) electrons. The molecular weight excluding hydrogens is 352 g/mol. The summed E-state index contributed by atoms with van der Waals surface area (Å²) in [5.41, 5.74) is 3.02. The van der Waals surface area contributed by atoms with Crippen LogP contribution < -0.4 is 10.6 Å². The molecule has 2 aromatic carbocycles. The zero-order chi connectivity index (χ0) is 18.5. The number of carbonyl (C=O) groups is 2. The third kappa shape index (κ3) is 4.24. The summed E-state index contributed by atoms with van der Waals surface area (Å²) < 4.78 is 5.11. The van der Waals surface area contributed by atoms with Crippen LogP contribution in [0.15, 0.2) is 54.6 Å². The molecule has 1 aliphatic rings. The summed E-state index contributed by atoms with van der Waals surface area (Å²) in [6, 6.07) is 14.0. The summed E-state index contributed by atoms with van der Waals surface area (Å²) >= 11 is 6.07. The van der Waals surface area contributed by atoms with Gasteiger partial charge in [0.25, 0.3) is 0 Å². The van der Waals surface area contributed by atoms with Gasteiger partial charge in [-0.1, -0.05) is 35.9 Å². The Hall–Kier alpha value is -2.79. The number of benzene rings is 2. The van der Waals surface area contributed by atoms with Gasteiger partial charge in [0.15, 0.2) is 0 Å². The minimum absolute atomic E-state index is 0.253. The van der Waals surface area contributed by atoms with E-state index in [1.54, 1.807) is 19.1 Å². The molecule has 0 fully saturated rings. The Balaban J connectivity index is 1.88. The van der Waals surface area contributed by atoms with Crippen molar-refractivity contribution in [1.29, 1.82) is 0 Å². The van der Waals surface area contributed by atoms with Crippen LogP contribution in [0.1, 0.15) is 18.9 Å². The molecule has 0 bridgehead atoms. The molecule has 1 unspecified atom stereocenters. The number of carbonyl (C=O) groups excluding carboxylic acids is 2. The molecule has 1 amide bonds. The van der Waals surface area contributed by atoms with Crippen molar-refractivity contribution in [2.75, 3.05) is 17.2 Å².